The van der Waals surface area contributed by atoms with Crippen LogP contribution in [0.2, 0.25) is 0 Å². The van der Waals surface area contributed by atoms with Gasteiger partial charge in [-0.3, -0.25) is 30.3 Å². The van der Waals surface area contributed by atoms with Crippen molar-refractivity contribution in [3.63, 3.8) is 0 Å². The molecule has 0 aromatic heterocycles. The van der Waals surface area contributed by atoms with Gasteiger partial charge in [-0.1, -0.05) is 0 Å². The fourth-order valence-electron chi connectivity index (χ4n) is 0.961. The molecule has 0 atom stereocenters. The van der Waals surface area contributed by atoms with Crippen molar-refractivity contribution in [3.05, 3.63) is 42.5 Å². The zero-order chi connectivity index (χ0) is 12.5. The van der Waals surface area contributed by atoms with Gasteiger partial charge in [-0.25, -0.2) is 0 Å². The molecule has 18 heavy (non-hydrogen) atoms. The molecule has 0 aliphatic carbocycles. The van der Waals surface area contributed by atoms with E-state index in [2.05, 4.69) is 0 Å². The third-order valence-corrected chi connectivity index (χ3v) is 1.64. The molecule has 0 spiro atoms. The molecule has 0 amide bonds. The first-order valence-corrected chi connectivity index (χ1v) is 3.63. The van der Waals surface area contributed by atoms with Crippen LogP contribution < -0.4 is 5.11 Å². The molecule has 97 valence electrons. The number of non-ortho nitro benzene ring substituents is 1. The van der Waals surface area contributed by atoms with Crippen molar-refractivity contribution in [1.82, 2.24) is 0 Å². The van der Waals surface area contributed by atoms with E-state index in [-0.39, 0.29) is 22.5 Å². The number of nitro groups is 3. The Morgan fingerprint density at radius 1 is 0.833 bits per heavy atom. The van der Waals surface area contributed by atoms with E-state index < -0.39 is 37.6 Å². The van der Waals surface area contributed by atoms with Crippen LogP contribution in [0.15, 0.2) is 12.1 Å². The van der Waals surface area contributed by atoms with Crippen LogP contribution in [-0.4, -0.2) is 20.2 Å². The molecule has 0 heterocycles. The molecular weight excluding hydrogens is 297 g/mol. The van der Waals surface area contributed by atoms with Crippen molar-refractivity contribution in [2.45, 2.75) is 0 Å². The molecule has 0 saturated carbocycles. The summed E-state index contributed by atoms with van der Waals surface area (Å²) in [6.45, 7) is 0. The molecule has 12 heteroatoms. The Bertz CT molecular complexity index is 469. The van der Waals surface area contributed by atoms with E-state index in [1.54, 1.807) is 0 Å². The summed E-state index contributed by atoms with van der Waals surface area (Å²) in [5.74, 6) is -1.46. The number of nitrogens with zero attached hydrogens (tertiary/aromatic N) is 3. The summed E-state index contributed by atoms with van der Waals surface area (Å²) < 4.78 is 0. The maximum absolute atomic E-state index is 11.1. The topological polar surface area (TPSA) is 182 Å². The monoisotopic (exact) mass is 300 g/mol. The largest absolute Gasteiger partial charge is 2.00 e. The van der Waals surface area contributed by atoms with Crippen molar-refractivity contribution < 1.29 is 42.4 Å². The minimum Gasteiger partial charge on any atom is -0.870 e. The van der Waals surface area contributed by atoms with Gasteiger partial charge in [0.15, 0.2) is 0 Å². The molecule has 1 radical (unpaired) electrons. The molecule has 0 saturated heterocycles. The first kappa shape index (κ1) is 18.1. The molecule has 0 aliphatic heterocycles. The van der Waals surface area contributed by atoms with Gasteiger partial charge in [0.1, 0.15) is 0 Å². The second-order valence-corrected chi connectivity index (χ2v) is 2.58. The summed E-state index contributed by atoms with van der Waals surface area (Å²) in [7, 11) is 0. The summed E-state index contributed by atoms with van der Waals surface area (Å²) in [6.07, 6.45) is 0. The molecule has 1 aromatic carbocycles. The minimum atomic E-state index is -1.46. The number of hydrogen-bond donors (Lipinski definition) is 0. The SMILES string of the molecule is O=[N+]([O-])c1cc([N+](=O)[O-])c([O-])c([N+](=O)[O-])c1.[Mn+2].[OH-]. The number of hydrogen-bond acceptors (Lipinski definition) is 8. The van der Waals surface area contributed by atoms with Gasteiger partial charge < -0.3 is 10.6 Å². The number of benzene rings is 1. The Hall–Kier alpha value is -2.30. The zero-order valence-corrected chi connectivity index (χ0v) is 9.36. The van der Waals surface area contributed by atoms with Gasteiger partial charge in [-0.2, -0.15) is 0 Å². The van der Waals surface area contributed by atoms with Gasteiger partial charge in [0, 0.05) is 0 Å². The van der Waals surface area contributed by atoms with Gasteiger partial charge in [0.2, 0.25) is 0 Å². The molecule has 0 unspecified atom stereocenters. The van der Waals surface area contributed by atoms with Crippen LogP contribution in [0.5, 0.6) is 5.75 Å². The molecule has 11 nitrogen and oxygen atoms in total. The third-order valence-electron chi connectivity index (χ3n) is 1.64. The van der Waals surface area contributed by atoms with Gasteiger partial charge in [0.25, 0.3) is 17.1 Å². The fraction of sp³-hybridized carbons (Fsp3) is 0. The number of rotatable bonds is 3. The Labute approximate surface area is 108 Å². The van der Waals surface area contributed by atoms with Crippen LogP contribution in [0, 0.1) is 30.3 Å². The molecule has 0 bridgehead atoms. The van der Waals surface area contributed by atoms with E-state index in [4.69, 9.17) is 0 Å². The van der Waals surface area contributed by atoms with E-state index in [1.807, 2.05) is 0 Å². The van der Waals surface area contributed by atoms with Gasteiger partial charge in [0.05, 0.1) is 32.7 Å². The van der Waals surface area contributed by atoms with Crippen molar-refractivity contribution >= 4 is 17.1 Å². The summed E-state index contributed by atoms with van der Waals surface area (Å²) in [6, 6.07) is 0.769. The zero-order valence-electron chi connectivity index (χ0n) is 8.18. The van der Waals surface area contributed by atoms with Crippen molar-refractivity contribution in [2.24, 2.45) is 0 Å². The molecule has 1 N–H and O–H groups in total. The Morgan fingerprint density at radius 3 is 1.39 bits per heavy atom. The molecule has 1 rings (SSSR count). The number of nitro benzene ring substituents is 3. The van der Waals surface area contributed by atoms with Crippen LogP contribution in [0.25, 0.3) is 0 Å². The van der Waals surface area contributed by atoms with Crippen LogP contribution in [0.3, 0.4) is 0 Å². The molecule has 0 fully saturated rings. The summed E-state index contributed by atoms with van der Waals surface area (Å²) in [4.78, 5) is 27.5. The third kappa shape index (κ3) is 3.35. The smallest absolute Gasteiger partial charge is 0.870 e. The summed E-state index contributed by atoms with van der Waals surface area (Å²) >= 11 is 0. The van der Waals surface area contributed by atoms with Crippen molar-refractivity contribution in [2.75, 3.05) is 0 Å². The van der Waals surface area contributed by atoms with E-state index in [9.17, 15) is 35.4 Å². The first-order chi connectivity index (χ1) is 7.34. The maximum Gasteiger partial charge on any atom is 2.00 e. The Kier molecular flexibility index (Phi) is 6.47. The van der Waals surface area contributed by atoms with Crippen molar-refractivity contribution in [1.29, 1.82) is 0 Å². The minimum absolute atomic E-state index is 0. The van der Waals surface area contributed by atoms with Gasteiger partial charge >= 0.3 is 17.1 Å². The second kappa shape index (κ2) is 6.44. The maximum atomic E-state index is 11.1. The van der Waals surface area contributed by atoms with E-state index in [0.29, 0.717) is 12.1 Å². The Balaban J connectivity index is 0. The van der Waals surface area contributed by atoms with Crippen LogP contribution in [0.1, 0.15) is 0 Å². The van der Waals surface area contributed by atoms with E-state index in [1.165, 1.54) is 0 Å². The summed E-state index contributed by atoms with van der Waals surface area (Å²) in [5, 5.41) is 42.1. The van der Waals surface area contributed by atoms with Gasteiger partial charge in [-0.15, -0.1) is 0 Å². The van der Waals surface area contributed by atoms with E-state index >= 15 is 0 Å². The quantitative estimate of drug-likeness (QED) is 0.433. The van der Waals surface area contributed by atoms with Crippen molar-refractivity contribution in [3.8, 4) is 5.75 Å². The van der Waals surface area contributed by atoms with Crippen LogP contribution in [-0.2, 0) is 17.1 Å². The molecular formula is C6H3MnN3O8. The van der Waals surface area contributed by atoms with Gasteiger partial charge in [-0.05, 0) is 0 Å². The predicted molar refractivity (Wildman–Crippen MR) is 47.8 cm³/mol. The van der Waals surface area contributed by atoms with Crippen LogP contribution >= 0.6 is 0 Å². The average molecular weight is 300 g/mol. The summed E-state index contributed by atoms with van der Waals surface area (Å²) in [5.41, 5.74) is -3.26. The predicted octanol–water partition coefficient (Wildman–Crippen LogP) is 0.305. The second-order valence-electron chi connectivity index (χ2n) is 2.58. The fourth-order valence-corrected chi connectivity index (χ4v) is 0.961. The first-order valence-electron chi connectivity index (χ1n) is 3.63. The van der Waals surface area contributed by atoms with E-state index in [0.717, 1.165) is 0 Å². The standard InChI is InChI=1S/C6H3N3O7.Mn.H2O/c10-6-4(8(13)14)1-3(7(11)12)2-5(6)9(15)16;;/h1-2,10H;;1H2/q;+2;/p-2. The normalized spacial score (nSPS) is 8.67. The Morgan fingerprint density at radius 2 is 1.17 bits per heavy atom. The molecule has 0 aliphatic rings. The molecule has 1 aromatic rings. The average Bonchev–Trinajstić information content (AvgIpc) is 2.16. The van der Waals surface area contributed by atoms with Crippen LogP contribution in [0.4, 0.5) is 17.1 Å².